The predicted octanol–water partition coefficient (Wildman–Crippen LogP) is 2.69. The van der Waals surface area contributed by atoms with Gasteiger partial charge in [-0.25, -0.2) is 4.79 Å². The van der Waals surface area contributed by atoms with Gasteiger partial charge in [0.25, 0.3) is 11.6 Å². The number of anilines is 1. The van der Waals surface area contributed by atoms with Crippen LogP contribution < -0.4 is 20.1 Å². The molecule has 30 heavy (non-hydrogen) atoms. The molecule has 10 nitrogen and oxygen atoms in total. The number of nitro benzene ring substituents is 1. The standard InChI is InChI=1S/C20H23N3O7/c1-12(15-10-14(28-3)6-8-18(15)29-4)22-19(24)11-30-20(25)13-5-7-16(21-2)17(9-13)23(26)27/h5-10,12,21H,11H2,1-4H3,(H,22,24)/t12-/m1/s1. The molecule has 0 bridgehead atoms. The van der Waals surface area contributed by atoms with E-state index in [9.17, 15) is 19.7 Å². The number of hydrogen-bond donors (Lipinski definition) is 2. The highest BCUT2D eigenvalue weighted by molar-refractivity contribution is 5.93. The van der Waals surface area contributed by atoms with Crippen LogP contribution >= 0.6 is 0 Å². The molecule has 10 heteroatoms. The molecule has 0 saturated heterocycles. The molecule has 0 fully saturated rings. The topological polar surface area (TPSA) is 129 Å². The Bertz CT molecular complexity index is 946. The molecule has 1 amide bonds. The third kappa shape index (κ3) is 5.37. The molecule has 0 aliphatic rings. The Hall–Kier alpha value is -3.82. The molecular weight excluding hydrogens is 394 g/mol. The lowest BCUT2D eigenvalue weighted by atomic mass is 10.1. The van der Waals surface area contributed by atoms with Gasteiger partial charge in [-0.1, -0.05) is 0 Å². The van der Waals surface area contributed by atoms with Crippen molar-refractivity contribution in [1.82, 2.24) is 5.32 Å². The lowest BCUT2D eigenvalue weighted by Gasteiger charge is -2.18. The van der Waals surface area contributed by atoms with E-state index in [0.29, 0.717) is 17.1 Å². The van der Waals surface area contributed by atoms with Crippen LogP contribution in [0.3, 0.4) is 0 Å². The second-order valence-corrected chi connectivity index (χ2v) is 6.21. The molecule has 0 aliphatic carbocycles. The predicted molar refractivity (Wildman–Crippen MR) is 109 cm³/mol. The van der Waals surface area contributed by atoms with Gasteiger partial charge in [-0.2, -0.15) is 0 Å². The van der Waals surface area contributed by atoms with E-state index < -0.39 is 29.4 Å². The van der Waals surface area contributed by atoms with Crippen LogP contribution in [-0.2, 0) is 9.53 Å². The van der Waals surface area contributed by atoms with Crippen molar-refractivity contribution in [2.45, 2.75) is 13.0 Å². The van der Waals surface area contributed by atoms with Crippen LogP contribution in [0, 0.1) is 10.1 Å². The number of nitrogens with zero attached hydrogens (tertiary/aromatic N) is 1. The Morgan fingerprint density at radius 3 is 2.47 bits per heavy atom. The van der Waals surface area contributed by atoms with Crippen molar-refractivity contribution in [3.8, 4) is 11.5 Å². The van der Waals surface area contributed by atoms with Crippen LogP contribution in [0.2, 0.25) is 0 Å². The average Bonchev–Trinajstić information content (AvgIpc) is 2.76. The molecule has 2 aromatic rings. The normalized spacial score (nSPS) is 11.2. The van der Waals surface area contributed by atoms with Gasteiger partial charge < -0.3 is 24.8 Å². The van der Waals surface area contributed by atoms with Gasteiger partial charge in [0.05, 0.1) is 30.7 Å². The highest BCUT2D eigenvalue weighted by Crippen LogP contribution is 2.29. The molecule has 0 saturated carbocycles. The van der Waals surface area contributed by atoms with Crippen LogP contribution in [0.5, 0.6) is 11.5 Å². The summed E-state index contributed by atoms with van der Waals surface area (Å²) >= 11 is 0. The minimum Gasteiger partial charge on any atom is -0.497 e. The number of nitro groups is 1. The number of hydrogen-bond acceptors (Lipinski definition) is 8. The van der Waals surface area contributed by atoms with Crippen molar-refractivity contribution < 1.29 is 28.7 Å². The van der Waals surface area contributed by atoms with Crippen molar-refractivity contribution in [2.24, 2.45) is 0 Å². The van der Waals surface area contributed by atoms with Crippen LogP contribution in [-0.4, -0.2) is 44.7 Å². The van der Waals surface area contributed by atoms with Gasteiger partial charge in [0.2, 0.25) is 0 Å². The van der Waals surface area contributed by atoms with Gasteiger partial charge in [0.15, 0.2) is 6.61 Å². The Morgan fingerprint density at radius 1 is 1.13 bits per heavy atom. The molecular formula is C20H23N3O7. The number of benzene rings is 2. The van der Waals surface area contributed by atoms with E-state index >= 15 is 0 Å². The highest BCUT2D eigenvalue weighted by atomic mass is 16.6. The van der Waals surface area contributed by atoms with E-state index in [1.165, 1.54) is 33.4 Å². The summed E-state index contributed by atoms with van der Waals surface area (Å²) in [6.45, 7) is 1.20. The second-order valence-electron chi connectivity index (χ2n) is 6.21. The van der Waals surface area contributed by atoms with Crippen LogP contribution in [0.1, 0.15) is 28.9 Å². The zero-order valence-corrected chi connectivity index (χ0v) is 17.1. The number of nitrogens with one attached hydrogen (secondary N) is 2. The first-order chi connectivity index (χ1) is 14.3. The third-order valence-electron chi connectivity index (χ3n) is 4.31. The van der Waals surface area contributed by atoms with Gasteiger partial charge in [-0.05, 0) is 37.3 Å². The van der Waals surface area contributed by atoms with E-state index in [1.54, 1.807) is 25.1 Å². The van der Waals surface area contributed by atoms with E-state index in [4.69, 9.17) is 14.2 Å². The fraction of sp³-hybridized carbons (Fsp3) is 0.300. The maximum atomic E-state index is 12.2. The van der Waals surface area contributed by atoms with Gasteiger partial charge in [-0.15, -0.1) is 0 Å². The zero-order chi connectivity index (χ0) is 22.3. The van der Waals surface area contributed by atoms with E-state index in [-0.39, 0.29) is 16.9 Å². The van der Waals surface area contributed by atoms with Crippen molar-refractivity contribution in [2.75, 3.05) is 33.2 Å². The monoisotopic (exact) mass is 417 g/mol. The maximum Gasteiger partial charge on any atom is 0.338 e. The molecule has 2 aromatic carbocycles. The molecule has 0 heterocycles. The van der Waals surface area contributed by atoms with Gasteiger partial charge >= 0.3 is 5.97 Å². The van der Waals surface area contributed by atoms with Gasteiger partial charge in [0, 0.05) is 18.7 Å². The summed E-state index contributed by atoms with van der Waals surface area (Å²) in [7, 11) is 4.57. The lowest BCUT2D eigenvalue weighted by Crippen LogP contribution is -2.31. The lowest BCUT2D eigenvalue weighted by molar-refractivity contribution is -0.384. The Kier molecular flexibility index (Phi) is 7.56. The molecule has 0 aliphatic heterocycles. The van der Waals surface area contributed by atoms with E-state index in [2.05, 4.69) is 10.6 Å². The molecule has 0 spiro atoms. The Morgan fingerprint density at radius 2 is 1.87 bits per heavy atom. The summed E-state index contributed by atoms with van der Waals surface area (Å²) in [5.41, 5.74) is 0.649. The smallest absolute Gasteiger partial charge is 0.338 e. The van der Waals surface area contributed by atoms with Crippen LogP contribution in [0.4, 0.5) is 11.4 Å². The van der Waals surface area contributed by atoms with Crippen molar-refractivity contribution in [3.05, 3.63) is 57.6 Å². The zero-order valence-electron chi connectivity index (χ0n) is 17.1. The largest absolute Gasteiger partial charge is 0.497 e. The number of amides is 1. The molecule has 0 unspecified atom stereocenters. The summed E-state index contributed by atoms with van der Waals surface area (Å²) in [6, 6.07) is 8.61. The molecule has 0 aromatic heterocycles. The van der Waals surface area contributed by atoms with Crippen molar-refractivity contribution in [1.29, 1.82) is 0 Å². The summed E-state index contributed by atoms with van der Waals surface area (Å²) in [5, 5.41) is 16.5. The minimum absolute atomic E-state index is 0.0315. The van der Waals surface area contributed by atoms with Crippen molar-refractivity contribution in [3.63, 3.8) is 0 Å². The maximum absolute atomic E-state index is 12.2. The SMILES string of the molecule is CNc1ccc(C(=O)OCC(=O)N[C@H](C)c2cc(OC)ccc2OC)cc1[N+](=O)[O-]. The van der Waals surface area contributed by atoms with E-state index in [1.807, 2.05) is 0 Å². The first-order valence-electron chi connectivity index (χ1n) is 8.95. The highest BCUT2D eigenvalue weighted by Gasteiger charge is 2.20. The molecule has 0 radical (unpaired) electrons. The summed E-state index contributed by atoms with van der Waals surface area (Å²) in [6.07, 6.45) is 0. The minimum atomic E-state index is -0.845. The molecule has 2 N–H and O–H groups in total. The first-order valence-corrected chi connectivity index (χ1v) is 8.95. The summed E-state index contributed by atoms with van der Waals surface area (Å²) in [4.78, 5) is 34.9. The first kappa shape index (κ1) is 22.5. The number of carbonyl (C=O) groups is 2. The van der Waals surface area contributed by atoms with Gasteiger partial charge in [0.1, 0.15) is 17.2 Å². The molecule has 1 atom stereocenters. The quantitative estimate of drug-likeness (QED) is 0.362. The summed E-state index contributed by atoms with van der Waals surface area (Å²) < 4.78 is 15.5. The number of carbonyl (C=O) groups excluding carboxylic acids is 2. The number of methoxy groups -OCH3 is 2. The van der Waals surface area contributed by atoms with Gasteiger partial charge in [-0.3, -0.25) is 14.9 Å². The number of rotatable bonds is 9. The third-order valence-corrected chi connectivity index (χ3v) is 4.31. The fourth-order valence-corrected chi connectivity index (χ4v) is 2.77. The fourth-order valence-electron chi connectivity index (χ4n) is 2.77. The Labute approximate surface area is 173 Å². The average molecular weight is 417 g/mol. The number of ether oxygens (including phenoxy) is 3. The molecule has 160 valence electrons. The number of esters is 1. The Balaban J connectivity index is 2.02. The van der Waals surface area contributed by atoms with Crippen molar-refractivity contribution >= 4 is 23.3 Å². The van der Waals surface area contributed by atoms with Crippen LogP contribution in [0.25, 0.3) is 0 Å². The van der Waals surface area contributed by atoms with Crippen LogP contribution in [0.15, 0.2) is 36.4 Å². The molecule has 2 rings (SSSR count). The summed E-state index contributed by atoms with van der Waals surface area (Å²) in [5.74, 6) is -0.216. The second kappa shape index (κ2) is 10.1. The van der Waals surface area contributed by atoms with E-state index in [0.717, 1.165) is 6.07 Å².